The highest BCUT2D eigenvalue weighted by Gasteiger charge is 2.36. The smallest absolute Gasteiger partial charge is 0.295 e. The number of hydrogen-bond donors (Lipinski definition) is 2. The average molecular weight is 264 g/mol. The van der Waals surface area contributed by atoms with E-state index in [-0.39, 0.29) is 35.9 Å². The first-order chi connectivity index (χ1) is 8.90. The number of nitro benzene ring substituents is 1. The lowest BCUT2D eigenvalue weighted by molar-refractivity contribution is -0.384. The van der Waals surface area contributed by atoms with Gasteiger partial charge < -0.3 is 16.4 Å². The Bertz CT molecular complexity index is 572. The molecule has 8 nitrogen and oxygen atoms in total. The number of hydrogen-bond acceptors (Lipinski definition) is 5. The zero-order valence-corrected chi connectivity index (χ0v) is 9.91. The van der Waals surface area contributed by atoms with Crippen LogP contribution in [0.25, 0.3) is 0 Å². The Morgan fingerprint density at radius 1 is 1.47 bits per heavy atom. The van der Waals surface area contributed by atoms with E-state index in [1.165, 1.54) is 23.1 Å². The lowest BCUT2D eigenvalue weighted by Gasteiger charge is -2.16. The van der Waals surface area contributed by atoms with E-state index in [1.807, 2.05) is 0 Å². The molecule has 0 saturated carbocycles. The summed E-state index contributed by atoms with van der Waals surface area (Å²) in [5, 5.41) is 11.0. The minimum Gasteiger partial charge on any atom is -0.399 e. The molecule has 8 heteroatoms. The average Bonchev–Trinajstić information content (AvgIpc) is 2.71. The van der Waals surface area contributed by atoms with Gasteiger partial charge in [0.15, 0.2) is 0 Å². The molecule has 1 aromatic rings. The van der Waals surface area contributed by atoms with Crippen LogP contribution in [0.1, 0.15) is 6.42 Å². The van der Waals surface area contributed by atoms with Crippen LogP contribution in [0, 0.1) is 16.0 Å². The molecule has 1 aromatic carbocycles. The molecule has 1 aliphatic rings. The van der Waals surface area contributed by atoms with E-state index in [1.54, 1.807) is 0 Å². The van der Waals surface area contributed by atoms with Gasteiger partial charge in [-0.3, -0.25) is 19.7 Å². The Labute approximate surface area is 108 Å². The predicted octanol–water partition coefficient (Wildman–Crippen LogP) is 0.0152. The summed E-state index contributed by atoms with van der Waals surface area (Å²) in [4.78, 5) is 34.5. The number of carbonyl (C=O) groups is 2. The second-order valence-corrected chi connectivity index (χ2v) is 4.31. The highest BCUT2D eigenvalue weighted by atomic mass is 16.6. The van der Waals surface area contributed by atoms with E-state index in [4.69, 9.17) is 11.5 Å². The van der Waals surface area contributed by atoms with Crippen molar-refractivity contribution in [3.8, 4) is 0 Å². The number of nitrogens with two attached hydrogens (primary N) is 2. The van der Waals surface area contributed by atoms with E-state index >= 15 is 0 Å². The molecule has 0 radical (unpaired) electrons. The number of nitrogen functional groups attached to an aromatic ring is 1. The molecule has 0 aliphatic carbocycles. The Kier molecular flexibility index (Phi) is 3.07. The number of benzene rings is 1. The van der Waals surface area contributed by atoms with Crippen molar-refractivity contribution in [2.45, 2.75) is 6.42 Å². The van der Waals surface area contributed by atoms with Gasteiger partial charge in [0.2, 0.25) is 11.8 Å². The molecule has 0 spiro atoms. The summed E-state index contributed by atoms with van der Waals surface area (Å²) in [5.41, 5.74) is 10.7. The van der Waals surface area contributed by atoms with Crippen molar-refractivity contribution in [3.63, 3.8) is 0 Å². The van der Waals surface area contributed by atoms with Gasteiger partial charge in [-0.15, -0.1) is 0 Å². The molecule has 0 bridgehead atoms. The molecule has 4 N–H and O–H groups in total. The molecule has 1 heterocycles. The van der Waals surface area contributed by atoms with Crippen LogP contribution in [-0.4, -0.2) is 23.3 Å². The van der Waals surface area contributed by atoms with Crippen molar-refractivity contribution in [1.29, 1.82) is 0 Å². The van der Waals surface area contributed by atoms with Gasteiger partial charge in [-0.05, 0) is 12.1 Å². The first-order valence-corrected chi connectivity index (χ1v) is 5.53. The number of primary amides is 1. The Hall–Kier alpha value is -2.64. The number of nitro groups is 1. The van der Waals surface area contributed by atoms with Gasteiger partial charge in [0, 0.05) is 24.7 Å². The summed E-state index contributed by atoms with van der Waals surface area (Å²) in [6.07, 6.45) is -0.0309. The van der Waals surface area contributed by atoms with Crippen molar-refractivity contribution < 1.29 is 14.5 Å². The van der Waals surface area contributed by atoms with E-state index in [2.05, 4.69) is 0 Å². The van der Waals surface area contributed by atoms with E-state index in [9.17, 15) is 19.7 Å². The molecular weight excluding hydrogens is 252 g/mol. The summed E-state index contributed by atoms with van der Waals surface area (Å²) < 4.78 is 0. The number of anilines is 2. The maximum Gasteiger partial charge on any atom is 0.295 e. The van der Waals surface area contributed by atoms with Gasteiger partial charge >= 0.3 is 0 Å². The molecule has 1 aliphatic heterocycles. The molecule has 2 rings (SSSR count). The maximum absolute atomic E-state index is 11.8. The SMILES string of the molecule is NC(=O)C1CC(=O)N(c2ccc(N)cc2[N+](=O)[O-])C1. The monoisotopic (exact) mass is 264 g/mol. The summed E-state index contributed by atoms with van der Waals surface area (Å²) in [6, 6.07) is 4.04. The lowest BCUT2D eigenvalue weighted by Crippen LogP contribution is -2.28. The third-order valence-corrected chi connectivity index (χ3v) is 3.01. The number of carbonyl (C=O) groups excluding carboxylic acids is 2. The molecule has 2 amide bonds. The lowest BCUT2D eigenvalue weighted by atomic mass is 10.1. The zero-order valence-electron chi connectivity index (χ0n) is 9.91. The number of rotatable bonds is 3. The predicted molar refractivity (Wildman–Crippen MR) is 67.2 cm³/mol. The van der Waals surface area contributed by atoms with Crippen molar-refractivity contribution >= 4 is 28.9 Å². The molecular formula is C11H12N4O4. The van der Waals surface area contributed by atoms with Crippen LogP contribution >= 0.6 is 0 Å². The van der Waals surface area contributed by atoms with Crippen LogP contribution in [0.15, 0.2) is 18.2 Å². The first kappa shape index (κ1) is 12.8. The van der Waals surface area contributed by atoms with Crippen LogP contribution in [0.5, 0.6) is 0 Å². The summed E-state index contributed by atoms with van der Waals surface area (Å²) >= 11 is 0. The zero-order chi connectivity index (χ0) is 14.2. The summed E-state index contributed by atoms with van der Waals surface area (Å²) in [5.74, 6) is -1.57. The van der Waals surface area contributed by atoms with Crippen LogP contribution in [0.4, 0.5) is 17.1 Å². The van der Waals surface area contributed by atoms with Crippen LogP contribution in [0.3, 0.4) is 0 Å². The standard InChI is InChI=1S/C11H12N4O4/c12-7-1-2-8(9(4-7)15(18)19)14-5-6(11(13)17)3-10(14)16/h1-2,4,6H,3,5,12H2,(H2,13,17). The van der Waals surface area contributed by atoms with Gasteiger partial charge in [-0.1, -0.05) is 0 Å². The van der Waals surface area contributed by atoms with Gasteiger partial charge in [0.05, 0.1) is 10.8 Å². The van der Waals surface area contributed by atoms with E-state index in [0.717, 1.165) is 0 Å². The van der Waals surface area contributed by atoms with Gasteiger partial charge in [-0.25, -0.2) is 0 Å². The normalized spacial score (nSPS) is 18.6. The molecule has 1 unspecified atom stereocenters. The number of nitrogens with zero attached hydrogens (tertiary/aromatic N) is 2. The highest BCUT2D eigenvalue weighted by molar-refractivity contribution is 6.01. The van der Waals surface area contributed by atoms with Gasteiger partial charge in [0.1, 0.15) is 5.69 Å². The molecule has 100 valence electrons. The second kappa shape index (κ2) is 4.56. The fourth-order valence-electron chi connectivity index (χ4n) is 2.05. The summed E-state index contributed by atoms with van der Waals surface area (Å²) in [6.45, 7) is 0.0545. The quantitative estimate of drug-likeness (QED) is 0.451. The molecule has 19 heavy (non-hydrogen) atoms. The Balaban J connectivity index is 2.40. The van der Waals surface area contributed by atoms with E-state index < -0.39 is 16.7 Å². The van der Waals surface area contributed by atoms with Crippen molar-refractivity contribution in [2.75, 3.05) is 17.2 Å². The minimum absolute atomic E-state index is 0.0309. The van der Waals surface area contributed by atoms with Gasteiger partial charge in [0.25, 0.3) is 5.69 Å². The van der Waals surface area contributed by atoms with E-state index in [0.29, 0.717) is 0 Å². The number of amides is 2. The van der Waals surface area contributed by atoms with Crippen molar-refractivity contribution in [1.82, 2.24) is 0 Å². The summed E-state index contributed by atoms with van der Waals surface area (Å²) in [7, 11) is 0. The van der Waals surface area contributed by atoms with Crippen molar-refractivity contribution in [2.24, 2.45) is 11.7 Å². The molecule has 1 saturated heterocycles. The topological polar surface area (TPSA) is 133 Å². The maximum atomic E-state index is 11.8. The minimum atomic E-state index is -0.621. The van der Waals surface area contributed by atoms with Crippen LogP contribution in [0.2, 0.25) is 0 Å². The Morgan fingerprint density at radius 3 is 2.68 bits per heavy atom. The fraction of sp³-hybridized carbons (Fsp3) is 0.273. The highest BCUT2D eigenvalue weighted by Crippen LogP contribution is 2.34. The van der Waals surface area contributed by atoms with Crippen LogP contribution < -0.4 is 16.4 Å². The molecule has 0 aromatic heterocycles. The van der Waals surface area contributed by atoms with Gasteiger partial charge in [-0.2, -0.15) is 0 Å². The Morgan fingerprint density at radius 2 is 2.16 bits per heavy atom. The largest absolute Gasteiger partial charge is 0.399 e. The second-order valence-electron chi connectivity index (χ2n) is 4.31. The molecule has 1 fully saturated rings. The first-order valence-electron chi connectivity index (χ1n) is 5.53. The molecule has 1 atom stereocenters. The third-order valence-electron chi connectivity index (χ3n) is 3.01. The third kappa shape index (κ3) is 2.32. The van der Waals surface area contributed by atoms with Crippen LogP contribution in [-0.2, 0) is 9.59 Å². The van der Waals surface area contributed by atoms with Crippen molar-refractivity contribution in [3.05, 3.63) is 28.3 Å². The fourth-order valence-corrected chi connectivity index (χ4v) is 2.05.